The second-order valence-corrected chi connectivity index (χ2v) is 8.53. The van der Waals surface area contributed by atoms with Crippen molar-refractivity contribution in [3.63, 3.8) is 0 Å². The maximum Gasteiger partial charge on any atom is 0.254 e. The summed E-state index contributed by atoms with van der Waals surface area (Å²) in [4.78, 5) is 18.4. The summed E-state index contributed by atoms with van der Waals surface area (Å²) >= 11 is 0. The lowest BCUT2D eigenvalue weighted by atomic mass is 9.79. The summed E-state index contributed by atoms with van der Waals surface area (Å²) in [5.41, 5.74) is 2.51. The van der Waals surface area contributed by atoms with E-state index in [0.717, 1.165) is 25.7 Å². The normalized spacial score (nSPS) is 19.7. The van der Waals surface area contributed by atoms with Crippen LogP contribution in [0.25, 0.3) is 10.9 Å². The van der Waals surface area contributed by atoms with Gasteiger partial charge in [0.25, 0.3) is 5.91 Å². The summed E-state index contributed by atoms with van der Waals surface area (Å²) in [6.07, 6.45) is 4.15. The molecule has 1 saturated carbocycles. The highest BCUT2D eigenvalue weighted by molar-refractivity contribution is 5.91. The molecule has 0 radical (unpaired) electrons. The van der Waals surface area contributed by atoms with Crippen LogP contribution in [-0.2, 0) is 4.79 Å². The summed E-state index contributed by atoms with van der Waals surface area (Å²) in [6, 6.07) is 2.85. The highest BCUT2D eigenvalue weighted by atomic mass is 19.1. The molecular weight excluding hydrogens is 403 g/mol. The Morgan fingerprint density at radius 2 is 2.26 bits per heavy atom. The lowest BCUT2D eigenvalue weighted by Gasteiger charge is -2.39. The summed E-state index contributed by atoms with van der Waals surface area (Å²) in [7, 11) is 3.14. The van der Waals surface area contributed by atoms with Crippen molar-refractivity contribution in [3.05, 3.63) is 23.6 Å². The van der Waals surface area contributed by atoms with Gasteiger partial charge in [0.05, 0.1) is 12.6 Å². The number of hydrogen-bond donors (Lipinski definition) is 4. The van der Waals surface area contributed by atoms with Gasteiger partial charge in [-0.15, -0.1) is 0 Å². The molecule has 2 aliphatic rings. The summed E-state index contributed by atoms with van der Waals surface area (Å²) in [6.45, 7) is 1.98. The third kappa shape index (κ3) is 3.80. The van der Waals surface area contributed by atoms with E-state index in [-0.39, 0.29) is 29.5 Å². The number of aliphatic hydroxyl groups is 1. The van der Waals surface area contributed by atoms with Gasteiger partial charge in [0.15, 0.2) is 11.6 Å². The van der Waals surface area contributed by atoms with E-state index < -0.39 is 11.4 Å². The Kier molecular flexibility index (Phi) is 5.50. The zero-order valence-electron chi connectivity index (χ0n) is 18.0. The molecule has 1 aromatic carbocycles. The van der Waals surface area contributed by atoms with Gasteiger partial charge in [-0.3, -0.25) is 15.6 Å². The molecule has 9 nitrogen and oxygen atoms in total. The van der Waals surface area contributed by atoms with Gasteiger partial charge in [0.2, 0.25) is 5.62 Å². The standard InChI is InChI=1S/C21H29FN6O3/c1-12(27(2)19(29)21(30)8-5-9-21)6-4-7-17-25-18-13-10-14(22)16(31-3)11-15(13)24-20(23)28(18)26-17/h10-12,17,23,25-26,30H,4-9H2,1-3H3/t12-,17?/m0/s1. The van der Waals surface area contributed by atoms with Gasteiger partial charge in [-0.05, 0) is 51.5 Å². The minimum Gasteiger partial charge on any atom is -0.494 e. The first kappa shape index (κ1) is 21.4. The van der Waals surface area contributed by atoms with Crippen LogP contribution in [0.5, 0.6) is 5.75 Å². The molecule has 4 N–H and O–H groups in total. The van der Waals surface area contributed by atoms with Crippen molar-refractivity contribution < 1.29 is 19.0 Å². The average Bonchev–Trinajstić information content (AvgIpc) is 3.16. The molecule has 1 fully saturated rings. The van der Waals surface area contributed by atoms with Gasteiger partial charge < -0.3 is 20.1 Å². The molecule has 168 valence electrons. The van der Waals surface area contributed by atoms with Crippen LogP contribution in [0.1, 0.15) is 45.4 Å². The fraction of sp³-hybridized carbons (Fsp3) is 0.571. The zero-order valence-corrected chi connectivity index (χ0v) is 18.0. The summed E-state index contributed by atoms with van der Waals surface area (Å²) < 4.78 is 20.8. The molecule has 4 rings (SSSR count). The van der Waals surface area contributed by atoms with Crippen LogP contribution in [0.3, 0.4) is 0 Å². The van der Waals surface area contributed by atoms with Gasteiger partial charge in [-0.1, -0.05) is 0 Å². The van der Waals surface area contributed by atoms with Crippen molar-refractivity contribution in [1.82, 2.24) is 14.6 Å². The van der Waals surface area contributed by atoms with E-state index in [1.807, 2.05) is 6.92 Å². The molecule has 1 aliphatic heterocycles. The van der Waals surface area contributed by atoms with Crippen LogP contribution in [0.2, 0.25) is 0 Å². The molecule has 10 heteroatoms. The fourth-order valence-electron chi connectivity index (χ4n) is 4.19. The number of nitrogens with zero attached hydrogens (tertiary/aromatic N) is 3. The molecule has 2 atom stereocenters. The van der Waals surface area contributed by atoms with E-state index >= 15 is 0 Å². The second kappa shape index (κ2) is 7.99. The van der Waals surface area contributed by atoms with Gasteiger partial charge in [-0.25, -0.2) is 14.1 Å². The Balaban J connectivity index is 1.39. The molecule has 1 amide bonds. The number of fused-ring (bicyclic) bond motifs is 3. The van der Waals surface area contributed by atoms with Gasteiger partial charge in [0.1, 0.15) is 17.6 Å². The van der Waals surface area contributed by atoms with E-state index in [1.54, 1.807) is 11.9 Å². The first-order valence-electron chi connectivity index (χ1n) is 10.6. The number of carbonyl (C=O) groups is 1. The van der Waals surface area contributed by atoms with Crippen LogP contribution in [-0.4, -0.2) is 57.5 Å². The first-order valence-corrected chi connectivity index (χ1v) is 10.6. The minimum absolute atomic E-state index is 0.00403. The number of nitrogens with one attached hydrogen (secondary N) is 3. The largest absolute Gasteiger partial charge is 0.494 e. The van der Waals surface area contributed by atoms with E-state index in [2.05, 4.69) is 15.7 Å². The van der Waals surface area contributed by atoms with Crippen LogP contribution in [0.15, 0.2) is 12.1 Å². The molecule has 31 heavy (non-hydrogen) atoms. The van der Waals surface area contributed by atoms with Crippen LogP contribution < -0.4 is 21.1 Å². The molecule has 0 saturated heterocycles. The number of amides is 1. The lowest BCUT2D eigenvalue weighted by molar-refractivity contribution is -0.161. The molecule has 1 aromatic heterocycles. The summed E-state index contributed by atoms with van der Waals surface area (Å²) in [5, 5.41) is 22.4. The number of anilines is 1. The Labute approximate surface area is 179 Å². The SMILES string of the molecule is COc1cc2nc(=N)n3c(c2cc1F)NC(CCC[C@H](C)N(C)C(=O)C1(O)CCC1)N3. The number of likely N-dealkylation sites (N-methyl/N-ethyl adjacent to an activating group) is 1. The third-order valence-electron chi connectivity index (χ3n) is 6.46. The number of aromatic nitrogens is 2. The number of halogens is 1. The highest BCUT2D eigenvalue weighted by Gasteiger charge is 2.44. The van der Waals surface area contributed by atoms with Crippen molar-refractivity contribution in [2.75, 3.05) is 24.9 Å². The van der Waals surface area contributed by atoms with Crippen molar-refractivity contribution in [1.29, 1.82) is 5.41 Å². The van der Waals surface area contributed by atoms with Crippen LogP contribution in [0.4, 0.5) is 10.2 Å². The Bertz CT molecular complexity index is 1070. The number of carbonyl (C=O) groups excluding carboxylic acids is 1. The van der Waals surface area contributed by atoms with E-state index in [1.165, 1.54) is 23.9 Å². The van der Waals surface area contributed by atoms with Gasteiger partial charge >= 0.3 is 0 Å². The molecule has 0 spiro atoms. The predicted molar refractivity (Wildman–Crippen MR) is 114 cm³/mol. The molecule has 2 heterocycles. The molecule has 1 unspecified atom stereocenters. The lowest BCUT2D eigenvalue weighted by Crippen LogP contribution is -2.54. The van der Waals surface area contributed by atoms with Crippen molar-refractivity contribution in [3.8, 4) is 5.75 Å². The van der Waals surface area contributed by atoms with Crippen molar-refractivity contribution in [2.45, 2.75) is 63.3 Å². The molecule has 0 bridgehead atoms. The Morgan fingerprint density at radius 1 is 1.52 bits per heavy atom. The minimum atomic E-state index is -1.17. The highest BCUT2D eigenvalue weighted by Crippen LogP contribution is 2.34. The Hall–Kier alpha value is -2.88. The number of benzene rings is 1. The maximum absolute atomic E-state index is 14.2. The second-order valence-electron chi connectivity index (χ2n) is 8.53. The van der Waals surface area contributed by atoms with Crippen LogP contribution in [0, 0.1) is 11.2 Å². The zero-order chi connectivity index (χ0) is 22.3. The topological polar surface area (TPSA) is 116 Å². The van der Waals surface area contributed by atoms with E-state index in [0.29, 0.717) is 29.6 Å². The fourth-order valence-corrected chi connectivity index (χ4v) is 4.19. The van der Waals surface area contributed by atoms with Crippen molar-refractivity contribution in [2.24, 2.45) is 0 Å². The average molecular weight is 433 g/mol. The number of ether oxygens (including phenoxy) is 1. The Morgan fingerprint density at radius 3 is 2.90 bits per heavy atom. The third-order valence-corrected chi connectivity index (χ3v) is 6.46. The van der Waals surface area contributed by atoms with E-state index in [4.69, 9.17) is 10.1 Å². The quantitative estimate of drug-likeness (QED) is 0.531. The van der Waals surface area contributed by atoms with Crippen LogP contribution >= 0.6 is 0 Å². The van der Waals surface area contributed by atoms with Gasteiger partial charge in [-0.2, -0.15) is 0 Å². The molecular formula is C21H29FN6O3. The maximum atomic E-state index is 14.2. The van der Waals surface area contributed by atoms with E-state index in [9.17, 15) is 14.3 Å². The number of rotatable bonds is 7. The number of hydrogen-bond acceptors (Lipinski definition) is 7. The van der Waals surface area contributed by atoms with Gasteiger partial charge in [0, 0.05) is 24.5 Å². The predicted octanol–water partition coefficient (Wildman–Crippen LogP) is 1.89. The first-order chi connectivity index (χ1) is 14.7. The number of methoxy groups -OCH3 is 1. The molecule has 2 aromatic rings. The smallest absolute Gasteiger partial charge is 0.254 e. The monoisotopic (exact) mass is 432 g/mol. The van der Waals surface area contributed by atoms with Crippen molar-refractivity contribution >= 4 is 22.6 Å². The summed E-state index contributed by atoms with van der Waals surface area (Å²) in [5.74, 6) is -0.00225. The molecule has 1 aliphatic carbocycles.